The van der Waals surface area contributed by atoms with Gasteiger partial charge in [-0.15, -0.1) is 0 Å². The molecule has 1 unspecified atom stereocenters. The highest BCUT2D eigenvalue weighted by atomic mass is 35.5. The molecule has 4 aromatic heterocycles. The average Bonchev–Trinajstić information content (AvgIpc) is 3.18. The first-order valence-electron chi connectivity index (χ1n) is 16.4. The highest BCUT2D eigenvalue weighted by Crippen LogP contribution is 2.39. The minimum absolute atomic E-state index is 0.203. The Hall–Kier alpha value is -6.29. The molecule has 4 aromatic carbocycles. The molecule has 0 bridgehead atoms. The first kappa shape index (κ1) is 32.9. The molecule has 8 rings (SSSR count). The van der Waals surface area contributed by atoms with E-state index in [1.54, 1.807) is 30.9 Å². The fourth-order valence-corrected chi connectivity index (χ4v) is 6.80. The van der Waals surface area contributed by atoms with E-state index >= 15 is 0 Å². The molecular formula is C41H28Cl2N8O. The summed E-state index contributed by atoms with van der Waals surface area (Å²) in [6.07, 6.45) is 6.28. The molecule has 0 spiro atoms. The fourth-order valence-electron chi connectivity index (χ4n) is 6.38. The molecule has 0 aliphatic rings. The van der Waals surface area contributed by atoms with Gasteiger partial charge in [0.05, 0.1) is 28.0 Å². The standard InChI is InChI=1S/C41H28Cl2N8O/c42-38-36(45-17-18-46-38)37(30-14-13-29-22-31(40(44)52)35(50-34(29)23-30)28-9-5-2-6-10-28)51(41-39(43)47-19-20-48-41)24-25-11-12-27-15-16-32(49-33(27)21-25)26-7-3-1-4-8-26/h1-23,37H,24H2,(H2,44,52). The molecule has 0 saturated heterocycles. The second-order valence-corrected chi connectivity index (χ2v) is 12.8. The molecule has 0 fully saturated rings. The lowest BCUT2D eigenvalue weighted by Crippen LogP contribution is -2.31. The van der Waals surface area contributed by atoms with Crippen LogP contribution in [0.15, 0.2) is 140 Å². The predicted molar refractivity (Wildman–Crippen MR) is 205 cm³/mol. The molecule has 9 nitrogen and oxygen atoms in total. The topological polar surface area (TPSA) is 124 Å². The Labute approximate surface area is 308 Å². The molecular weight excluding hydrogens is 691 g/mol. The van der Waals surface area contributed by atoms with E-state index < -0.39 is 11.9 Å². The Morgan fingerprint density at radius 1 is 0.654 bits per heavy atom. The number of carbonyl (C=O) groups is 1. The molecule has 52 heavy (non-hydrogen) atoms. The van der Waals surface area contributed by atoms with Gasteiger partial charge >= 0.3 is 0 Å². The molecule has 0 aliphatic carbocycles. The smallest absolute Gasteiger partial charge is 0.250 e. The van der Waals surface area contributed by atoms with E-state index in [1.165, 1.54) is 0 Å². The zero-order valence-electron chi connectivity index (χ0n) is 27.4. The van der Waals surface area contributed by atoms with Gasteiger partial charge in [0.15, 0.2) is 16.1 Å². The minimum atomic E-state index is -0.656. The number of anilines is 1. The first-order chi connectivity index (χ1) is 25.4. The normalized spacial score (nSPS) is 11.8. The van der Waals surface area contributed by atoms with Crippen LogP contribution in [-0.2, 0) is 6.54 Å². The third kappa shape index (κ3) is 6.51. The summed E-state index contributed by atoms with van der Waals surface area (Å²) in [7, 11) is 0. The van der Waals surface area contributed by atoms with Gasteiger partial charge in [-0.05, 0) is 35.4 Å². The third-order valence-electron chi connectivity index (χ3n) is 8.81. The number of nitrogens with zero attached hydrogens (tertiary/aromatic N) is 7. The van der Waals surface area contributed by atoms with E-state index in [4.69, 9.17) is 48.9 Å². The number of pyridine rings is 2. The number of benzene rings is 4. The van der Waals surface area contributed by atoms with Crippen LogP contribution in [0.1, 0.15) is 33.2 Å². The molecule has 252 valence electrons. The molecule has 1 atom stereocenters. The number of rotatable bonds is 9. The molecule has 4 heterocycles. The zero-order chi connectivity index (χ0) is 35.6. The molecule has 2 N–H and O–H groups in total. The number of halogens is 2. The molecule has 0 aliphatic heterocycles. The number of amides is 1. The highest BCUT2D eigenvalue weighted by molar-refractivity contribution is 6.31. The van der Waals surface area contributed by atoms with Crippen molar-refractivity contribution in [2.24, 2.45) is 5.73 Å². The summed E-state index contributed by atoms with van der Waals surface area (Å²) in [5, 5.41) is 2.16. The van der Waals surface area contributed by atoms with Crippen LogP contribution in [-0.4, -0.2) is 35.8 Å². The summed E-state index contributed by atoms with van der Waals surface area (Å²) in [6.45, 7) is 0.324. The van der Waals surface area contributed by atoms with Crippen LogP contribution < -0.4 is 10.6 Å². The lowest BCUT2D eigenvalue weighted by molar-refractivity contribution is 0.100. The number of carbonyl (C=O) groups excluding carboxylic acids is 1. The summed E-state index contributed by atoms with van der Waals surface area (Å²) in [6, 6.07) is 36.7. The quantitative estimate of drug-likeness (QED) is 0.157. The van der Waals surface area contributed by atoms with Gasteiger partial charge in [0, 0.05) is 53.2 Å². The SMILES string of the molecule is NC(=O)c1cc2ccc(C(c3nccnc3Cl)N(Cc3ccc4ccc(-c5ccccc5)nc4c3)c3nccnc3Cl)cc2nc1-c1ccccc1. The maximum Gasteiger partial charge on any atom is 0.250 e. The van der Waals surface area contributed by atoms with Crippen molar-refractivity contribution in [2.75, 3.05) is 4.90 Å². The van der Waals surface area contributed by atoms with Crippen LogP contribution >= 0.6 is 23.2 Å². The van der Waals surface area contributed by atoms with Crippen LogP contribution in [0.2, 0.25) is 10.3 Å². The minimum Gasteiger partial charge on any atom is -0.366 e. The van der Waals surface area contributed by atoms with E-state index in [1.807, 2.05) is 89.8 Å². The van der Waals surface area contributed by atoms with Crippen molar-refractivity contribution in [3.63, 3.8) is 0 Å². The van der Waals surface area contributed by atoms with Gasteiger partial charge in [-0.2, -0.15) is 0 Å². The Morgan fingerprint density at radius 2 is 1.31 bits per heavy atom. The Morgan fingerprint density at radius 3 is 2.04 bits per heavy atom. The van der Waals surface area contributed by atoms with Gasteiger partial charge < -0.3 is 10.6 Å². The van der Waals surface area contributed by atoms with Gasteiger partial charge in [-0.25, -0.2) is 24.9 Å². The van der Waals surface area contributed by atoms with E-state index in [0.717, 1.165) is 44.2 Å². The van der Waals surface area contributed by atoms with E-state index in [-0.39, 0.29) is 10.3 Å². The second kappa shape index (κ2) is 14.1. The highest BCUT2D eigenvalue weighted by Gasteiger charge is 2.30. The average molecular weight is 720 g/mol. The largest absolute Gasteiger partial charge is 0.366 e. The van der Waals surface area contributed by atoms with Crippen LogP contribution in [0.4, 0.5) is 5.82 Å². The number of primary amides is 1. The van der Waals surface area contributed by atoms with Gasteiger partial charge in [-0.1, -0.05) is 114 Å². The van der Waals surface area contributed by atoms with E-state index in [2.05, 4.69) is 34.2 Å². The van der Waals surface area contributed by atoms with Crippen molar-refractivity contribution in [2.45, 2.75) is 12.6 Å². The Kier molecular flexibility index (Phi) is 8.95. The van der Waals surface area contributed by atoms with E-state index in [0.29, 0.717) is 34.8 Å². The lowest BCUT2D eigenvalue weighted by atomic mass is 9.97. The van der Waals surface area contributed by atoms with Gasteiger partial charge in [-0.3, -0.25) is 9.78 Å². The molecule has 8 aromatic rings. The Bertz CT molecular complexity index is 2590. The number of hydrogen-bond acceptors (Lipinski definition) is 8. The molecule has 0 radical (unpaired) electrons. The number of nitrogens with two attached hydrogens (primary N) is 1. The van der Waals surface area contributed by atoms with Crippen molar-refractivity contribution in [3.05, 3.63) is 173 Å². The van der Waals surface area contributed by atoms with Gasteiger partial charge in [0.25, 0.3) is 5.91 Å². The van der Waals surface area contributed by atoms with Crippen molar-refractivity contribution < 1.29 is 4.79 Å². The number of fused-ring (bicyclic) bond motifs is 2. The van der Waals surface area contributed by atoms with Gasteiger partial charge in [0.2, 0.25) is 0 Å². The van der Waals surface area contributed by atoms with Crippen molar-refractivity contribution in [3.8, 4) is 22.5 Å². The fraction of sp³-hybridized carbons (Fsp3) is 0.0488. The summed E-state index contributed by atoms with van der Waals surface area (Å²) in [5.41, 5.74) is 13.0. The zero-order valence-corrected chi connectivity index (χ0v) is 28.9. The van der Waals surface area contributed by atoms with Crippen molar-refractivity contribution >= 4 is 56.7 Å². The van der Waals surface area contributed by atoms with Crippen LogP contribution in [0.5, 0.6) is 0 Å². The van der Waals surface area contributed by atoms with Crippen LogP contribution in [0.25, 0.3) is 44.3 Å². The number of aromatic nitrogens is 6. The second-order valence-electron chi connectivity index (χ2n) is 12.1. The van der Waals surface area contributed by atoms with Gasteiger partial charge in [0.1, 0.15) is 11.7 Å². The lowest BCUT2D eigenvalue weighted by Gasteiger charge is -2.33. The van der Waals surface area contributed by atoms with Crippen LogP contribution in [0.3, 0.4) is 0 Å². The van der Waals surface area contributed by atoms with Crippen molar-refractivity contribution in [1.29, 1.82) is 0 Å². The first-order valence-corrected chi connectivity index (χ1v) is 17.1. The summed E-state index contributed by atoms with van der Waals surface area (Å²) < 4.78 is 0. The monoisotopic (exact) mass is 718 g/mol. The third-order valence-corrected chi connectivity index (χ3v) is 9.37. The molecule has 11 heteroatoms. The maximum atomic E-state index is 12.6. The predicted octanol–water partition coefficient (Wildman–Crippen LogP) is 8.90. The van der Waals surface area contributed by atoms with Crippen LogP contribution in [0, 0.1) is 0 Å². The summed E-state index contributed by atoms with van der Waals surface area (Å²) in [5.74, 6) is -0.144. The molecule has 0 saturated carbocycles. The molecule has 1 amide bonds. The summed E-state index contributed by atoms with van der Waals surface area (Å²) in [4.78, 5) is 42.8. The Balaban J connectivity index is 1.30. The summed E-state index contributed by atoms with van der Waals surface area (Å²) >= 11 is 13.6. The maximum absolute atomic E-state index is 12.6. The van der Waals surface area contributed by atoms with Crippen molar-refractivity contribution in [1.82, 2.24) is 29.9 Å². The van der Waals surface area contributed by atoms with E-state index in [9.17, 15) is 4.79 Å². The number of hydrogen-bond donors (Lipinski definition) is 1.